The fourth-order valence-electron chi connectivity index (χ4n) is 2.81. The van der Waals surface area contributed by atoms with E-state index in [4.69, 9.17) is 0 Å². The van der Waals surface area contributed by atoms with E-state index in [1.165, 1.54) is 5.69 Å². The maximum absolute atomic E-state index is 4.03. The number of para-hydroxylation sites is 1. The molecule has 0 aliphatic carbocycles. The Labute approximate surface area is 131 Å². The molecule has 0 N–H and O–H groups in total. The van der Waals surface area contributed by atoms with Crippen LogP contribution in [-0.4, -0.2) is 71.4 Å². The lowest BCUT2D eigenvalue weighted by molar-refractivity contribution is 0.263. The van der Waals surface area contributed by atoms with Gasteiger partial charge in [0.15, 0.2) is 0 Å². The Hall–Kier alpha value is -2.15. The first kappa shape index (κ1) is 14.8. The smallest absolute Gasteiger partial charge is 0.245 e. The van der Waals surface area contributed by atoms with Crippen molar-refractivity contribution in [1.82, 2.24) is 25.1 Å². The second kappa shape index (κ2) is 6.74. The highest BCUT2D eigenvalue weighted by atomic mass is 15.6. The summed E-state index contributed by atoms with van der Waals surface area (Å²) >= 11 is 0. The van der Waals surface area contributed by atoms with Gasteiger partial charge in [-0.3, -0.25) is 4.90 Å². The van der Waals surface area contributed by atoms with E-state index in [0.717, 1.165) is 45.2 Å². The Bertz CT molecular complexity index is 575. The summed E-state index contributed by atoms with van der Waals surface area (Å²) in [5, 5.41) is 11.6. The van der Waals surface area contributed by atoms with Crippen LogP contribution in [0, 0.1) is 0 Å². The zero-order chi connectivity index (χ0) is 15.4. The summed E-state index contributed by atoms with van der Waals surface area (Å²) in [6, 6.07) is 10.6. The van der Waals surface area contributed by atoms with E-state index in [9.17, 15) is 0 Å². The van der Waals surface area contributed by atoms with Crippen LogP contribution in [0.25, 0.3) is 0 Å². The second-order valence-electron chi connectivity index (χ2n) is 5.69. The minimum Gasteiger partial charge on any atom is -0.369 e. The normalized spacial score (nSPS) is 16.0. The van der Waals surface area contributed by atoms with Crippen LogP contribution in [-0.2, 0) is 7.05 Å². The van der Waals surface area contributed by atoms with Gasteiger partial charge in [0.25, 0.3) is 0 Å². The fourth-order valence-corrected chi connectivity index (χ4v) is 2.81. The van der Waals surface area contributed by atoms with Crippen LogP contribution in [0.2, 0.25) is 0 Å². The maximum atomic E-state index is 4.03. The molecule has 1 aliphatic heterocycles. The largest absolute Gasteiger partial charge is 0.369 e. The van der Waals surface area contributed by atoms with Crippen molar-refractivity contribution in [2.75, 3.05) is 56.1 Å². The minimum atomic E-state index is 0.808. The van der Waals surface area contributed by atoms with Crippen LogP contribution in [0.4, 0.5) is 11.6 Å². The van der Waals surface area contributed by atoms with Crippen molar-refractivity contribution in [3.05, 3.63) is 30.3 Å². The molecule has 0 amide bonds. The van der Waals surface area contributed by atoms with Crippen LogP contribution in [0.3, 0.4) is 0 Å². The van der Waals surface area contributed by atoms with Crippen LogP contribution in [0.15, 0.2) is 30.3 Å². The van der Waals surface area contributed by atoms with Gasteiger partial charge in [0.1, 0.15) is 0 Å². The minimum absolute atomic E-state index is 0.808. The molecule has 1 saturated heterocycles. The highest BCUT2D eigenvalue weighted by Gasteiger charge is 2.17. The van der Waals surface area contributed by atoms with Gasteiger partial charge in [-0.25, -0.2) is 4.68 Å². The second-order valence-corrected chi connectivity index (χ2v) is 5.69. The molecule has 0 atom stereocenters. The molecule has 7 heteroatoms. The van der Waals surface area contributed by atoms with Gasteiger partial charge in [-0.15, -0.1) is 0 Å². The highest BCUT2D eigenvalue weighted by Crippen LogP contribution is 2.15. The van der Waals surface area contributed by atoms with Crippen LogP contribution in [0.5, 0.6) is 0 Å². The number of nitrogens with zero attached hydrogens (tertiary/aromatic N) is 7. The molecular weight excluding hydrogens is 278 g/mol. The Morgan fingerprint density at radius 2 is 1.82 bits per heavy atom. The predicted molar refractivity (Wildman–Crippen MR) is 87.2 cm³/mol. The van der Waals surface area contributed by atoms with Gasteiger partial charge in [-0.2, -0.15) is 0 Å². The van der Waals surface area contributed by atoms with Gasteiger partial charge in [-0.05, 0) is 22.6 Å². The zero-order valence-corrected chi connectivity index (χ0v) is 13.3. The summed E-state index contributed by atoms with van der Waals surface area (Å²) < 4.78 is 1.70. The Morgan fingerprint density at radius 3 is 2.45 bits per heavy atom. The molecule has 0 saturated carbocycles. The average molecular weight is 301 g/mol. The quantitative estimate of drug-likeness (QED) is 0.800. The van der Waals surface area contributed by atoms with Crippen molar-refractivity contribution in [3.63, 3.8) is 0 Å². The van der Waals surface area contributed by atoms with Crippen LogP contribution in [0.1, 0.15) is 0 Å². The summed E-state index contributed by atoms with van der Waals surface area (Å²) in [5.41, 5.74) is 1.32. The molecule has 0 unspecified atom stereocenters. The Morgan fingerprint density at radius 1 is 1.09 bits per heavy atom. The van der Waals surface area contributed by atoms with Crippen molar-refractivity contribution in [3.8, 4) is 0 Å². The lowest BCUT2D eigenvalue weighted by Crippen LogP contribution is -2.48. The van der Waals surface area contributed by atoms with E-state index in [0.29, 0.717) is 0 Å². The topological polar surface area (TPSA) is 53.3 Å². The molecule has 22 heavy (non-hydrogen) atoms. The molecule has 1 aromatic carbocycles. The number of rotatable bonds is 5. The highest BCUT2D eigenvalue weighted by molar-refractivity contribution is 5.46. The summed E-state index contributed by atoms with van der Waals surface area (Å²) in [5.74, 6) is 0.808. The summed E-state index contributed by atoms with van der Waals surface area (Å²) in [6.45, 7) is 6.32. The number of likely N-dealkylation sites (N-methyl/N-ethyl adjacent to an activating group) is 1. The van der Waals surface area contributed by atoms with Crippen molar-refractivity contribution in [2.45, 2.75) is 0 Å². The summed E-state index contributed by atoms with van der Waals surface area (Å²) in [7, 11) is 3.90. The third-order valence-electron chi connectivity index (χ3n) is 4.18. The molecule has 1 fully saturated rings. The number of tetrazole rings is 1. The zero-order valence-electron chi connectivity index (χ0n) is 13.3. The van der Waals surface area contributed by atoms with Crippen LogP contribution < -0.4 is 9.80 Å². The van der Waals surface area contributed by atoms with Crippen LogP contribution >= 0.6 is 0 Å². The number of benzene rings is 1. The molecule has 0 spiro atoms. The van der Waals surface area contributed by atoms with Gasteiger partial charge >= 0.3 is 0 Å². The molecule has 2 heterocycles. The molecular formula is C15H23N7. The first-order chi connectivity index (χ1) is 10.7. The third-order valence-corrected chi connectivity index (χ3v) is 4.18. The van der Waals surface area contributed by atoms with Crippen molar-refractivity contribution in [1.29, 1.82) is 0 Å². The summed E-state index contributed by atoms with van der Waals surface area (Å²) in [4.78, 5) is 7.05. The molecule has 2 aromatic rings. The molecule has 3 rings (SSSR count). The number of piperazine rings is 1. The van der Waals surface area contributed by atoms with E-state index in [-0.39, 0.29) is 0 Å². The van der Waals surface area contributed by atoms with E-state index < -0.39 is 0 Å². The van der Waals surface area contributed by atoms with Crippen molar-refractivity contribution >= 4 is 11.6 Å². The first-order valence-corrected chi connectivity index (χ1v) is 7.70. The first-order valence-electron chi connectivity index (χ1n) is 7.70. The predicted octanol–water partition coefficient (Wildman–Crippen LogP) is 0.468. The Kier molecular flexibility index (Phi) is 4.53. The molecule has 118 valence electrons. The Balaban J connectivity index is 1.45. The van der Waals surface area contributed by atoms with Gasteiger partial charge in [0, 0.05) is 59.1 Å². The van der Waals surface area contributed by atoms with E-state index >= 15 is 0 Å². The monoisotopic (exact) mass is 301 g/mol. The molecule has 0 bridgehead atoms. The maximum Gasteiger partial charge on any atom is 0.245 e. The standard InChI is InChI=1S/C15H23N7/c1-19(15-16-17-18-20(15)2)8-9-21-10-12-22(13-11-21)14-6-4-3-5-7-14/h3-7H,8-13H2,1-2H3. The number of aryl methyl sites for hydroxylation is 1. The number of anilines is 2. The van der Waals surface area contributed by atoms with Crippen molar-refractivity contribution in [2.24, 2.45) is 7.05 Å². The summed E-state index contributed by atoms with van der Waals surface area (Å²) in [6.07, 6.45) is 0. The van der Waals surface area contributed by atoms with Gasteiger partial charge in [0.05, 0.1) is 0 Å². The van der Waals surface area contributed by atoms with Gasteiger partial charge in [0.2, 0.25) is 5.95 Å². The lowest BCUT2D eigenvalue weighted by atomic mass is 10.2. The molecule has 0 radical (unpaired) electrons. The average Bonchev–Trinajstić information content (AvgIpc) is 3.00. The fraction of sp³-hybridized carbons (Fsp3) is 0.533. The SMILES string of the molecule is CN(CCN1CCN(c2ccccc2)CC1)c1nnnn1C. The van der Waals surface area contributed by atoms with E-state index in [2.05, 4.69) is 60.6 Å². The molecule has 1 aliphatic rings. The third kappa shape index (κ3) is 3.36. The van der Waals surface area contributed by atoms with Crippen molar-refractivity contribution < 1.29 is 0 Å². The lowest BCUT2D eigenvalue weighted by Gasteiger charge is -2.36. The number of hydrogen-bond acceptors (Lipinski definition) is 6. The molecule has 7 nitrogen and oxygen atoms in total. The van der Waals surface area contributed by atoms with E-state index in [1.54, 1.807) is 4.68 Å². The van der Waals surface area contributed by atoms with Gasteiger partial charge < -0.3 is 9.80 Å². The number of hydrogen-bond donors (Lipinski definition) is 0. The van der Waals surface area contributed by atoms with E-state index in [1.807, 2.05) is 14.1 Å². The number of aromatic nitrogens is 4. The molecule has 1 aromatic heterocycles. The van der Waals surface area contributed by atoms with Gasteiger partial charge in [-0.1, -0.05) is 23.3 Å².